The molecule has 0 radical (unpaired) electrons. The molecule has 1 aromatic heterocycles. The summed E-state index contributed by atoms with van der Waals surface area (Å²) in [6, 6.07) is 11.2. The highest BCUT2D eigenvalue weighted by atomic mass is 16.5. The zero-order valence-corrected chi connectivity index (χ0v) is 15.0. The van der Waals surface area contributed by atoms with Gasteiger partial charge in [-0.25, -0.2) is 4.68 Å². The van der Waals surface area contributed by atoms with E-state index in [0.29, 0.717) is 5.88 Å². The van der Waals surface area contributed by atoms with Crippen molar-refractivity contribution < 1.29 is 14.3 Å². The van der Waals surface area contributed by atoms with Crippen molar-refractivity contribution in [3.05, 3.63) is 47.7 Å². The van der Waals surface area contributed by atoms with Gasteiger partial charge in [0.15, 0.2) is 12.3 Å². The van der Waals surface area contributed by atoms with E-state index in [1.807, 2.05) is 37.3 Å². The number of aromatic nitrogens is 2. The SMILES string of the molecule is CCC(NC(=O)c1cc(OCC(=O)N(C)C)n(C)n1)c1ccccc1. The molecule has 25 heavy (non-hydrogen) atoms. The van der Waals surface area contributed by atoms with Crippen LogP contribution in [0.3, 0.4) is 0 Å². The Morgan fingerprint density at radius 2 is 1.96 bits per heavy atom. The third-order valence-corrected chi connectivity index (χ3v) is 3.83. The molecule has 134 valence electrons. The van der Waals surface area contributed by atoms with E-state index in [1.165, 1.54) is 15.6 Å². The number of amides is 2. The van der Waals surface area contributed by atoms with E-state index in [-0.39, 0.29) is 30.2 Å². The number of hydrogen-bond acceptors (Lipinski definition) is 4. The van der Waals surface area contributed by atoms with Crippen LogP contribution in [0.2, 0.25) is 0 Å². The molecule has 2 amide bonds. The number of likely N-dealkylation sites (N-methyl/N-ethyl adjacent to an activating group) is 1. The van der Waals surface area contributed by atoms with Gasteiger partial charge in [-0.15, -0.1) is 0 Å². The zero-order valence-electron chi connectivity index (χ0n) is 15.0. The average molecular weight is 344 g/mol. The summed E-state index contributed by atoms with van der Waals surface area (Å²) >= 11 is 0. The number of benzene rings is 1. The van der Waals surface area contributed by atoms with Crippen molar-refractivity contribution in [1.82, 2.24) is 20.0 Å². The number of hydrogen-bond donors (Lipinski definition) is 1. The molecule has 1 atom stereocenters. The molecular weight excluding hydrogens is 320 g/mol. The second-order valence-corrected chi connectivity index (χ2v) is 5.91. The maximum atomic E-state index is 12.5. The van der Waals surface area contributed by atoms with Crippen molar-refractivity contribution in [2.75, 3.05) is 20.7 Å². The van der Waals surface area contributed by atoms with Gasteiger partial charge in [-0.05, 0) is 12.0 Å². The first-order valence-corrected chi connectivity index (χ1v) is 8.15. The lowest BCUT2D eigenvalue weighted by molar-refractivity contribution is -0.130. The summed E-state index contributed by atoms with van der Waals surface area (Å²) in [5, 5.41) is 7.15. The number of carbonyl (C=O) groups is 2. The second kappa shape index (κ2) is 8.32. The second-order valence-electron chi connectivity index (χ2n) is 5.91. The summed E-state index contributed by atoms with van der Waals surface area (Å²) < 4.78 is 6.88. The van der Waals surface area contributed by atoms with Crippen molar-refractivity contribution in [1.29, 1.82) is 0 Å². The number of rotatable bonds is 7. The highest BCUT2D eigenvalue weighted by molar-refractivity contribution is 5.92. The normalized spacial score (nSPS) is 11.7. The third kappa shape index (κ3) is 4.82. The number of ether oxygens (including phenoxy) is 1. The topological polar surface area (TPSA) is 76.5 Å². The maximum Gasteiger partial charge on any atom is 0.272 e. The summed E-state index contributed by atoms with van der Waals surface area (Å²) in [4.78, 5) is 25.5. The standard InChI is InChI=1S/C18H24N4O3/c1-5-14(13-9-7-6-8-10-13)19-18(24)15-11-17(22(4)20-15)25-12-16(23)21(2)3/h6-11,14H,5,12H2,1-4H3,(H,19,24). The summed E-state index contributed by atoms with van der Waals surface area (Å²) in [6.45, 7) is 1.91. The molecule has 0 saturated heterocycles. The lowest BCUT2D eigenvalue weighted by Gasteiger charge is -2.16. The number of nitrogens with zero attached hydrogens (tertiary/aromatic N) is 3. The molecule has 1 unspecified atom stereocenters. The predicted octanol–water partition coefficient (Wildman–Crippen LogP) is 1.77. The first-order valence-electron chi connectivity index (χ1n) is 8.15. The van der Waals surface area contributed by atoms with Gasteiger partial charge in [0.25, 0.3) is 11.8 Å². The minimum absolute atomic E-state index is 0.0876. The van der Waals surface area contributed by atoms with Crippen LogP contribution in [0.5, 0.6) is 5.88 Å². The van der Waals surface area contributed by atoms with Crippen molar-refractivity contribution >= 4 is 11.8 Å². The Balaban J connectivity index is 2.04. The van der Waals surface area contributed by atoms with Crippen LogP contribution in [0.1, 0.15) is 35.4 Å². The maximum absolute atomic E-state index is 12.5. The van der Waals surface area contributed by atoms with E-state index < -0.39 is 0 Å². The molecule has 1 N–H and O–H groups in total. The Morgan fingerprint density at radius 1 is 1.28 bits per heavy atom. The summed E-state index contributed by atoms with van der Waals surface area (Å²) in [6.07, 6.45) is 0.767. The molecule has 0 fully saturated rings. The molecule has 1 aromatic carbocycles. The largest absolute Gasteiger partial charge is 0.468 e. The van der Waals surface area contributed by atoms with Gasteiger partial charge in [0, 0.05) is 27.2 Å². The Bertz CT molecular complexity index is 725. The molecule has 0 aliphatic heterocycles. The van der Waals surface area contributed by atoms with Gasteiger partial charge >= 0.3 is 0 Å². The van der Waals surface area contributed by atoms with Gasteiger partial charge in [-0.1, -0.05) is 37.3 Å². The van der Waals surface area contributed by atoms with Crippen LogP contribution in [0.15, 0.2) is 36.4 Å². The van der Waals surface area contributed by atoms with E-state index in [0.717, 1.165) is 12.0 Å². The Hall–Kier alpha value is -2.83. The molecule has 1 heterocycles. The summed E-state index contributed by atoms with van der Waals surface area (Å²) in [5.74, 6) is -0.0736. The molecule has 0 spiro atoms. The highest BCUT2D eigenvalue weighted by Crippen LogP contribution is 2.18. The van der Waals surface area contributed by atoms with Gasteiger partial charge in [-0.3, -0.25) is 9.59 Å². The molecule has 0 aliphatic carbocycles. The summed E-state index contributed by atoms with van der Waals surface area (Å²) in [7, 11) is 4.98. The van der Waals surface area contributed by atoms with Gasteiger partial charge in [-0.2, -0.15) is 5.10 Å². The van der Waals surface area contributed by atoms with Crippen LogP contribution in [0.4, 0.5) is 0 Å². The van der Waals surface area contributed by atoms with Gasteiger partial charge in [0.2, 0.25) is 5.88 Å². The van der Waals surface area contributed by atoms with Crippen LogP contribution in [0, 0.1) is 0 Å². The van der Waals surface area contributed by atoms with E-state index in [1.54, 1.807) is 21.1 Å². The molecule has 0 bridgehead atoms. The number of carbonyl (C=O) groups excluding carboxylic acids is 2. The Kier molecular flexibility index (Phi) is 6.16. The highest BCUT2D eigenvalue weighted by Gasteiger charge is 2.18. The molecule has 2 aromatic rings. The van der Waals surface area contributed by atoms with Crippen LogP contribution < -0.4 is 10.1 Å². The minimum atomic E-state index is -0.278. The van der Waals surface area contributed by atoms with E-state index in [4.69, 9.17) is 4.74 Å². The monoisotopic (exact) mass is 344 g/mol. The fraction of sp³-hybridized carbons (Fsp3) is 0.389. The summed E-state index contributed by atoms with van der Waals surface area (Å²) in [5.41, 5.74) is 1.30. The molecule has 7 nitrogen and oxygen atoms in total. The molecule has 2 rings (SSSR count). The lowest BCUT2D eigenvalue weighted by Crippen LogP contribution is -2.28. The zero-order chi connectivity index (χ0) is 18.4. The lowest BCUT2D eigenvalue weighted by atomic mass is 10.0. The molecular formula is C18H24N4O3. The quantitative estimate of drug-likeness (QED) is 0.830. The average Bonchev–Trinajstić information content (AvgIpc) is 2.99. The Morgan fingerprint density at radius 3 is 2.56 bits per heavy atom. The van der Waals surface area contributed by atoms with E-state index in [2.05, 4.69) is 10.4 Å². The smallest absolute Gasteiger partial charge is 0.272 e. The third-order valence-electron chi connectivity index (χ3n) is 3.83. The molecule has 7 heteroatoms. The fourth-order valence-electron chi connectivity index (χ4n) is 2.30. The van der Waals surface area contributed by atoms with Crippen molar-refractivity contribution in [3.63, 3.8) is 0 Å². The van der Waals surface area contributed by atoms with Gasteiger partial charge in [0.05, 0.1) is 6.04 Å². The van der Waals surface area contributed by atoms with Crippen LogP contribution in [-0.4, -0.2) is 47.2 Å². The van der Waals surface area contributed by atoms with Crippen LogP contribution >= 0.6 is 0 Å². The van der Waals surface area contributed by atoms with Crippen molar-refractivity contribution in [2.24, 2.45) is 7.05 Å². The van der Waals surface area contributed by atoms with Crippen molar-refractivity contribution in [2.45, 2.75) is 19.4 Å². The van der Waals surface area contributed by atoms with Crippen molar-refractivity contribution in [3.8, 4) is 5.88 Å². The van der Waals surface area contributed by atoms with E-state index in [9.17, 15) is 9.59 Å². The molecule has 0 saturated carbocycles. The minimum Gasteiger partial charge on any atom is -0.468 e. The fourth-order valence-corrected chi connectivity index (χ4v) is 2.30. The Labute approximate surface area is 147 Å². The number of aryl methyl sites for hydroxylation is 1. The molecule has 0 aliphatic rings. The van der Waals surface area contributed by atoms with Gasteiger partial charge < -0.3 is 15.0 Å². The number of nitrogens with one attached hydrogen (secondary N) is 1. The van der Waals surface area contributed by atoms with E-state index >= 15 is 0 Å². The van der Waals surface area contributed by atoms with Crippen LogP contribution in [-0.2, 0) is 11.8 Å². The predicted molar refractivity (Wildman–Crippen MR) is 94.3 cm³/mol. The first-order chi connectivity index (χ1) is 11.9. The van der Waals surface area contributed by atoms with Crippen LogP contribution in [0.25, 0.3) is 0 Å². The van der Waals surface area contributed by atoms with Gasteiger partial charge in [0.1, 0.15) is 0 Å². The first kappa shape index (κ1) is 18.5.